The van der Waals surface area contributed by atoms with Crippen LogP contribution in [0.1, 0.15) is 0 Å². The van der Waals surface area contributed by atoms with E-state index >= 15 is 0 Å². The first-order valence-electron chi connectivity index (χ1n) is 6.17. The van der Waals surface area contributed by atoms with Gasteiger partial charge in [0, 0.05) is 10.2 Å². The number of fused-ring (bicyclic) bond motifs is 1. The number of carbonyl (C=O) groups is 1. The molecule has 1 aliphatic heterocycles. The van der Waals surface area contributed by atoms with Crippen molar-refractivity contribution < 1.29 is 14.3 Å². The molecule has 1 atom stereocenters. The van der Waals surface area contributed by atoms with E-state index in [0.29, 0.717) is 11.5 Å². The second kappa shape index (κ2) is 5.54. The van der Waals surface area contributed by atoms with Gasteiger partial charge < -0.3 is 14.8 Å². The lowest BCUT2D eigenvalue weighted by Gasteiger charge is -2.25. The second-order valence-electron chi connectivity index (χ2n) is 4.36. The summed E-state index contributed by atoms with van der Waals surface area (Å²) in [6.45, 7) is 0.208. The Morgan fingerprint density at radius 1 is 1.10 bits per heavy atom. The quantitative estimate of drug-likeness (QED) is 0.917. The monoisotopic (exact) mass is 333 g/mol. The van der Waals surface area contributed by atoms with Gasteiger partial charge in [-0.1, -0.05) is 28.1 Å². The smallest absolute Gasteiger partial charge is 0.269 e. The van der Waals surface area contributed by atoms with Gasteiger partial charge in [0.1, 0.15) is 6.61 Å². The number of hydrogen-bond acceptors (Lipinski definition) is 3. The summed E-state index contributed by atoms with van der Waals surface area (Å²) in [6.07, 6.45) is -0.645. The van der Waals surface area contributed by atoms with E-state index in [0.717, 1.165) is 10.2 Å². The number of anilines is 1. The molecule has 1 amide bonds. The van der Waals surface area contributed by atoms with E-state index in [9.17, 15) is 4.79 Å². The van der Waals surface area contributed by atoms with Crippen LogP contribution in [0, 0.1) is 0 Å². The van der Waals surface area contributed by atoms with E-state index in [1.54, 1.807) is 6.07 Å². The standard InChI is InChI=1S/C15H12BrNO3/c16-10-5-7-11(8-6-10)17-15(18)14-9-19-12-3-1-2-4-13(12)20-14/h1-8,14H,9H2,(H,17,18)/t14-/m1/s1. The molecular formula is C15H12BrNO3. The largest absolute Gasteiger partial charge is 0.485 e. The Morgan fingerprint density at radius 3 is 2.55 bits per heavy atom. The summed E-state index contributed by atoms with van der Waals surface area (Å²) in [7, 11) is 0. The molecule has 0 radical (unpaired) electrons. The van der Waals surface area contributed by atoms with Gasteiger partial charge in [-0.05, 0) is 36.4 Å². The number of para-hydroxylation sites is 2. The highest BCUT2D eigenvalue weighted by atomic mass is 79.9. The van der Waals surface area contributed by atoms with Gasteiger partial charge in [0.2, 0.25) is 6.10 Å². The van der Waals surface area contributed by atoms with Crippen molar-refractivity contribution in [3.8, 4) is 11.5 Å². The van der Waals surface area contributed by atoms with E-state index in [-0.39, 0.29) is 12.5 Å². The van der Waals surface area contributed by atoms with Crippen LogP contribution < -0.4 is 14.8 Å². The first kappa shape index (κ1) is 13.0. The third kappa shape index (κ3) is 2.77. The van der Waals surface area contributed by atoms with Crippen LogP contribution in [0.3, 0.4) is 0 Å². The molecule has 0 unspecified atom stereocenters. The highest BCUT2D eigenvalue weighted by Crippen LogP contribution is 2.31. The number of halogens is 1. The van der Waals surface area contributed by atoms with Gasteiger partial charge in [0.15, 0.2) is 11.5 Å². The van der Waals surface area contributed by atoms with E-state index in [1.807, 2.05) is 42.5 Å². The molecule has 3 rings (SSSR count). The molecule has 0 aliphatic carbocycles. The molecule has 0 bridgehead atoms. The molecule has 0 fully saturated rings. The van der Waals surface area contributed by atoms with E-state index < -0.39 is 6.10 Å². The minimum absolute atomic E-state index is 0.208. The zero-order valence-corrected chi connectivity index (χ0v) is 12.1. The number of amides is 1. The lowest BCUT2D eigenvalue weighted by molar-refractivity contribution is -0.125. The van der Waals surface area contributed by atoms with Crippen molar-refractivity contribution in [2.45, 2.75) is 6.10 Å². The van der Waals surface area contributed by atoms with Crippen molar-refractivity contribution in [2.24, 2.45) is 0 Å². The maximum atomic E-state index is 12.1. The van der Waals surface area contributed by atoms with Crippen LogP contribution in [0.2, 0.25) is 0 Å². The van der Waals surface area contributed by atoms with Crippen LogP contribution in [0.4, 0.5) is 5.69 Å². The molecule has 2 aromatic rings. The fourth-order valence-electron chi connectivity index (χ4n) is 1.90. The summed E-state index contributed by atoms with van der Waals surface area (Å²) in [5, 5.41) is 2.80. The molecule has 5 heteroatoms. The van der Waals surface area contributed by atoms with Crippen LogP contribution in [0.25, 0.3) is 0 Å². The van der Waals surface area contributed by atoms with Crippen molar-refractivity contribution in [3.63, 3.8) is 0 Å². The van der Waals surface area contributed by atoms with Crippen LogP contribution >= 0.6 is 15.9 Å². The fraction of sp³-hybridized carbons (Fsp3) is 0.133. The van der Waals surface area contributed by atoms with Gasteiger partial charge in [0.25, 0.3) is 5.91 Å². The molecule has 102 valence electrons. The first-order chi connectivity index (χ1) is 9.72. The average molecular weight is 334 g/mol. The third-order valence-corrected chi connectivity index (χ3v) is 3.44. The van der Waals surface area contributed by atoms with E-state index in [4.69, 9.17) is 9.47 Å². The van der Waals surface area contributed by atoms with E-state index in [1.165, 1.54) is 0 Å². The number of benzene rings is 2. The Balaban J connectivity index is 1.68. The lowest BCUT2D eigenvalue weighted by atomic mass is 10.2. The highest BCUT2D eigenvalue weighted by molar-refractivity contribution is 9.10. The van der Waals surface area contributed by atoms with E-state index in [2.05, 4.69) is 21.2 Å². The Hall–Kier alpha value is -2.01. The molecule has 0 saturated heterocycles. The normalized spacial score (nSPS) is 16.6. The molecule has 0 aromatic heterocycles. The van der Waals surface area contributed by atoms with Crippen LogP contribution in [-0.2, 0) is 4.79 Å². The Bertz CT molecular complexity index is 627. The SMILES string of the molecule is O=C(Nc1ccc(Br)cc1)[C@H]1COc2ccccc2O1. The molecule has 20 heavy (non-hydrogen) atoms. The minimum atomic E-state index is -0.645. The van der Waals surface area contributed by atoms with Gasteiger partial charge in [0.05, 0.1) is 0 Å². The van der Waals surface area contributed by atoms with Crippen LogP contribution in [0.15, 0.2) is 53.0 Å². The predicted molar refractivity (Wildman–Crippen MR) is 79.1 cm³/mol. The number of rotatable bonds is 2. The molecule has 2 aromatic carbocycles. The predicted octanol–water partition coefficient (Wildman–Crippen LogP) is 3.23. The third-order valence-electron chi connectivity index (χ3n) is 2.91. The summed E-state index contributed by atoms with van der Waals surface area (Å²) in [5.74, 6) is 1.04. The number of carbonyl (C=O) groups excluding carboxylic acids is 1. The fourth-order valence-corrected chi connectivity index (χ4v) is 2.17. The topological polar surface area (TPSA) is 47.6 Å². The zero-order valence-electron chi connectivity index (χ0n) is 10.5. The van der Waals surface area contributed by atoms with Crippen molar-refractivity contribution in [3.05, 3.63) is 53.0 Å². The summed E-state index contributed by atoms with van der Waals surface area (Å²) in [5.41, 5.74) is 0.723. The van der Waals surface area contributed by atoms with Crippen LogP contribution in [0.5, 0.6) is 11.5 Å². The molecule has 1 aliphatic rings. The highest BCUT2D eigenvalue weighted by Gasteiger charge is 2.27. The van der Waals surface area contributed by atoms with Gasteiger partial charge in [-0.25, -0.2) is 0 Å². The minimum Gasteiger partial charge on any atom is -0.485 e. The van der Waals surface area contributed by atoms with Gasteiger partial charge in [-0.2, -0.15) is 0 Å². The molecule has 0 saturated carbocycles. The Morgan fingerprint density at radius 2 is 1.80 bits per heavy atom. The maximum Gasteiger partial charge on any atom is 0.269 e. The second-order valence-corrected chi connectivity index (χ2v) is 5.28. The van der Waals surface area contributed by atoms with Crippen LogP contribution in [-0.4, -0.2) is 18.6 Å². The van der Waals surface area contributed by atoms with Crippen molar-refractivity contribution in [2.75, 3.05) is 11.9 Å². The van der Waals surface area contributed by atoms with Gasteiger partial charge in [-0.3, -0.25) is 4.79 Å². The number of ether oxygens (including phenoxy) is 2. The van der Waals surface area contributed by atoms with Crippen molar-refractivity contribution >= 4 is 27.5 Å². The average Bonchev–Trinajstić information content (AvgIpc) is 2.49. The van der Waals surface area contributed by atoms with Crippen molar-refractivity contribution in [1.82, 2.24) is 0 Å². The Labute approximate surface area is 124 Å². The Kier molecular flexibility index (Phi) is 3.60. The molecule has 4 nitrogen and oxygen atoms in total. The summed E-state index contributed by atoms with van der Waals surface area (Å²) in [6, 6.07) is 14.7. The molecular weight excluding hydrogens is 322 g/mol. The lowest BCUT2D eigenvalue weighted by Crippen LogP contribution is -2.40. The molecule has 0 spiro atoms. The zero-order chi connectivity index (χ0) is 13.9. The molecule has 1 N–H and O–H groups in total. The number of hydrogen-bond donors (Lipinski definition) is 1. The maximum absolute atomic E-state index is 12.1. The summed E-state index contributed by atoms with van der Waals surface area (Å²) < 4.78 is 12.1. The van der Waals surface area contributed by atoms with Gasteiger partial charge in [-0.15, -0.1) is 0 Å². The first-order valence-corrected chi connectivity index (χ1v) is 6.96. The summed E-state index contributed by atoms with van der Waals surface area (Å²) >= 11 is 3.35. The molecule has 1 heterocycles. The van der Waals surface area contributed by atoms with Gasteiger partial charge >= 0.3 is 0 Å². The number of nitrogens with one attached hydrogen (secondary N) is 1. The summed E-state index contributed by atoms with van der Waals surface area (Å²) in [4.78, 5) is 12.1. The van der Waals surface area contributed by atoms with Crippen molar-refractivity contribution in [1.29, 1.82) is 0 Å².